The summed E-state index contributed by atoms with van der Waals surface area (Å²) in [6, 6.07) is 16.5. The highest BCUT2D eigenvalue weighted by atomic mass is 79.9. The molecule has 1 aliphatic rings. The largest absolute Gasteiger partial charge is 0.326 e. The van der Waals surface area contributed by atoms with Gasteiger partial charge in [-0.3, -0.25) is 9.10 Å². The van der Waals surface area contributed by atoms with Gasteiger partial charge < -0.3 is 5.32 Å². The van der Waals surface area contributed by atoms with Crippen LogP contribution in [0.4, 0.5) is 11.4 Å². The molecule has 1 amide bonds. The third-order valence-electron chi connectivity index (χ3n) is 4.89. The molecule has 0 atom stereocenters. The number of carbonyl (C=O) groups is 1. The van der Waals surface area contributed by atoms with E-state index in [-0.39, 0.29) is 18.9 Å². The summed E-state index contributed by atoms with van der Waals surface area (Å²) < 4.78 is 28.2. The number of nitrogens with zero attached hydrogens (tertiary/aromatic N) is 1. The van der Waals surface area contributed by atoms with Gasteiger partial charge in [0.05, 0.1) is 10.6 Å². The molecule has 0 spiro atoms. The normalized spacial score (nSPS) is 14.4. The van der Waals surface area contributed by atoms with Gasteiger partial charge in [-0.2, -0.15) is 0 Å². The van der Waals surface area contributed by atoms with Gasteiger partial charge in [0.2, 0.25) is 5.91 Å². The number of hydrogen-bond acceptors (Lipinski definition) is 3. The smallest absolute Gasteiger partial charge is 0.265 e. The molecule has 7 heteroatoms. The molecule has 0 radical (unpaired) electrons. The van der Waals surface area contributed by atoms with Gasteiger partial charge in [-0.25, -0.2) is 8.42 Å². The van der Waals surface area contributed by atoms with Crippen molar-refractivity contribution in [3.8, 4) is 0 Å². The second-order valence-corrected chi connectivity index (χ2v) is 9.51. The van der Waals surface area contributed by atoms with E-state index in [1.165, 1.54) is 4.31 Å². The van der Waals surface area contributed by atoms with Gasteiger partial charge in [-0.05, 0) is 54.6 Å². The third-order valence-corrected chi connectivity index (χ3v) is 7.63. The minimum atomic E-state index is -3.57. The summed E-state index contributed by atoms with van der Waals surface area (Å²) in [6.07, 6.45) is 0.679. The van der Waals surface area contributed by atoms with Crippen molar-refractivity contribution >= 4 is 54.0 Å². The molecule has 0 unspecified atom stereocenters. The van der Waals surface area contributed by atoms with Gasteiger partial charge in [0.25, 0.3) is 10.0 Å². The molecular formula is C21H19BrN2O3S. The summed E-state index contributed by atoms with van der Waals surface area (Å²) in [5.41, 5.74) is 2.46. The van der Waals surface area contributed by atoms with E-state index in [0.29, 0.717) is 17.0 Å². The first-order chi connectivity index (χ1) is 13.4. The zero-order valence-electron chi connectivity index (χ0n) is 15.3. The fraction of sp³-hybridized carbons (Fsp3) is 0.190. The molecule has 1 N–H and O–H groups in total. The molecule has 28 heavy (non-hydrogen) atoms. The maximum Gasteiger partial charge on any atom is 0.265 e. The van der Waals surface area contributed by atoms with Crippen LogP contribution in [0.2, 0.25) is 0 Å². The lowest BCUT2D eigenvalue weighted by atomic mass is 10.1. The first-order valence-electron chi connectivity index (χ1n) is 8.98. The average molecular weight is 459 g/mol. The Bertz CT molecular complexity index is 1190. The Balaban J connectivity index is 1.45. The highest BCUT2D eigenvalue weighted by molar-refractivity contribution is 9.10. The number of sulfonamides is 1. The summed E-state index contributed by atoms with van der Waals surface area (Å²) in [4.78, 5) is 12.6. The predicted molar refractivity (Wildman–Crippen MR) is 115 cm³/mol. The summed E-state index contributed by atoms with van der Waals surface area (Å²) in [5, 5.41) is 4.54. The van der Waals surface area contributed by atoms with Gasteiger partial charge in [0, 0.05) is 28.5 Å². The molecule has 4 rings (SSSR count). The molecule has 0 saturated carbocycles. The van der Waals surface area contributed by atoms with Gasteiger partial charge in [-0.15, -0.1) is 0 Å². The summed E-state index contributed by atoms with van der Waals surface area (Å²) in [7, 11) is -3.57. The second kappa shape index (κ2) is 7.22. The van der Waals surface area contributed by atoms with Crippen LogP contribution in [0.1, 0.15) is 18.4 Å². The van der Waals surface area contributed by atoms with Crippen molar-refractivity contribution in [2.75, 3.05) is 16.2 Å². The SMILES string of the molecule is Cc1cc(NC(=O)CCCN2c3cccc4cccc(c34)S2(=O)=O)ccc1Br. The number of amides is 1. The number of nitrogens with one attached hydrogen (secondary N) is 1. The monoisotopic (exact) mass is 458 g/mol. The Labute approximate surface area is 172 Å². The molecule has 5 nitrogen and oxygen atoms in total. The molecule has 3 aromatic carbocycles. The lowest BCUT2D eigenvalue weighted by Crippen LogP contribution is -2.28. The van der Waals surface area contributed by atoms with Crippen LogP contribution in [0, 0.1) is 6.92 Å². The first-order valence-corrected chi connectivity index (χ1v) is 11.2. The third kappa shape index (κ3) is 3.29. The average Bonchev–Trinajstić information content (AvgIpc) is 2.88. The molecule has 0 saturated heterocycles. The molecule has 0 bridgehead atoms. The number of hydrogen-bond donors (Lipinski definition) is 1. The Morgan fingerprint density at radius 1 is 1.11 bits per heavy atom. The molecule has 0 fully saturated rings. The van der Waals surface area contributed by atoms with Gasteiger partial charge in [-0.1, -0.05) is 40.2 Å². The van der Waals surface area contributed by atoms with E-state index in [0.717, 1.165) is 26.5 Å². The van der Waals surface area contributed by atoms with Crippen molar-refractivity contribution in [2.45, 2.75) is 24.7 Å². The fourth-order valence-electron chi connectivity index (χ4n) is 3.53. The zero-order chi connectivity index (χ0) is 19.9. The number of anilines is 2. The van der Waals surface area contributed by atoms with Crippen LogP contribution in [-0.2, 0) is 14.8 Å². The van der Waals surface area contributed by atoms with E-state index in [2.05, 4.69) is 21.2 Å². The zero-order valence-corrected chi connectivity index (χ0v) is 17.7. The molecule has 144 valence electrons. The molecule has 1 heterocycles. The van der Waals surface area contributed by atoms with Gasteiger partial charge in [0.15, 0.2) is 0 Å². The maximum atomic E-state index is 12.9. The minimum Gasteiger partial charge on any atom is -0.326 e. The minimum absolute atomic E-state index is 0.131. The van der Waals surface area contributed by atoms with Crippen LogP contribution in [0.15, 0.2) is 64.0 Å². The lowest BCUT2D eigenvalue weighted by Gasteiger charge is -2.18. The van der Waals surface area contributed by atoms with Crippen LogP contribution in [0.3, 0.4) is 0 Å². The first kappa shape index (κ1) is 19.0. The van der Waals surface area contributed by atoms with Crippen molar-refractivity contribution in [2.24, 2.45) is 0 Å². The van der Waals surface area contributed by atoms with E-state index < -0.39 is 10.0 Å². The molecule has 1 aliphatic heterocycles. The number of aryl methyl sites for hydroxylation is 1. The second-order valence-electron chi connectivity index (χ2n) is 6.82. The van der Waals surface area contributed by atoms with Gasteiger partial charge >= 0.3 is 0 Å². The Kier molecular flexibility index (Phi) is 4.89. The Morgan fingerprint density at radius 3 is 2.61 bits per heavy atom. The van der Waals surface area contributed by atoms with Crippen LogP contribution in [-0.4, -0.2) is 20.9 Å². The lowest BCUT2D eigenvalue weighted by molar-refractivity contribution is -0.116. The van der Waals surface area contributed by atoms with Crippen LogP contribution >= 0.6 is 15.9 Å². The number of halogens is 1. The number of carbonyl (C=O) groups excluding carboxylic acids is 1. The van der Waals surface area contributed by atoms with Crippen LogP contribution < -0.4 is 9.62 Å². The van der Waals surface area contributed by atoms with Crippen molar-refractivity contribution in [1.29, 1.82) is 0 Å². The molecule has 0 aromatic heterocycles. The number of rotatable bonds is 5. The summed E-state index contributed by atoms with van der Waals surface area (Å²) >= 11 is 3.44. The maximum absolute atomic E-state index is 12.9. The van der Waals surface area contributed by atoms with Crippen LogP contribution in [0.25, 0.3) is 10.8 Å². The van der Waals surface area contributed by atoms with E-state index in [4.69, 9.17) is 0 Å². The predicted octanol–water partition coefficient (Wildman–Crippen LogP) is 4.84. The highest BCUT2D eigenvalue weighted by Crippen LogP contribution is 2.41. The standard InChI is InChI=1S/C21H19BrN2O3S/c1-14-13-16(10-11-17(14)22)23-20(25)9-4-12-24-18-7-2-5-15-6-3-8-19(21(15)18)28(24,26)27/h2-3,5-8,10-11,13H,4,9,12H2,1H3,(H,23,25). The fourth-order valence-corrected chi connectivity index (χ4v) is 5.52. The Hall–Kier alpha value is -2.38. The van der Waals surface area contributed by atoms with E-state index in [1.807, 2.05) is 49.4 Å². The molecule has 0 aliphatic carbocycles. The van der Waals surface area contributed by atoms with Crippen LogP contribution in [0.5, 0.6) is 0 Å². The van der Waals surface area contributed by atoms with E-state index in [9.17, 15) is 13.2 Å². The van der Waals surface area contributed by atoms with E-state index >= 15 is 0 Å². The molecule has 3 aromatic rings. The number of benzene rings is 3. The van der Waals surface area contributed by atoms with Crippen molar-refractivity contribution in [1.82, 2.24) is 0 Å². The van der Waals surface area contributed by atoms with Crippen molar-refractivity contribution in [3.63, 3.8) is 0 Å². The van der Waals surface area contributed by atoms with Gasteiger partial charge in [0.1, 0.15) is 0 Å². The quantitative estimate of drug-likeness (QED) is 0.594. The summed E-state index contributed by atoms with van der Waals surface area (Å²) in [6.45, 7) is 2.22. The van der Waals surface area contributed by atoms with Crippen molar-refractivity contribution in [3.05, 3.63) is 64.6 Å². The topological polar surface area (TPSA) is 66.5 Å². The Morgan fingerprint density at radius 2 is 1.86 bits per heavy atom. The van der Waals surface area contributed by atoms with Crippen molar-refractivity contribution < 1.29 is 13.2 Å². The molecular weight excluding hydrogens is 440 g/mol. The highest BCUT2D eigenvalue weighted by Gasteiger charge is 2.34. The van der Waals surface area contributed by atoms with E-state index in [1.54, 1.807) is 12.1 Å². The summed E-state index contributed by atoms with van der Waals surface area (Å²) in [5.74, 6) is -0.131.